The molecule has 0 aliphatic heterocycles. The fourth-order valence-corrected chi connectivity index (χ4v) is 1.07. The number of rotatable bonds is 4. The maximum absolute atomic E-state index is 9.53. The van der Waals surface area contributed by atoms with Gasteiger partial charge in [-0.3, -0.25) is 0 Å². The smallest absolute Gasteiger partial charge is 0.181 e. The van der Waals surface area contributed by atoms with Crippen LogP contribution in [0.5, 0.6) is 0 Å². The Bertz CT molecular complexity index is 235. The highest BCUT2D eigenvalue weighted by Crippen LogP contribution is 2.20. The zero-order chi connectivity index (χ0) is 8.97. The van der Waals surface area contributed by atoms with E-state index in [0.29, 0.717) is 18.7 Å². The predicted octanol–water partition coefficient (Wildman–Crippen LogP) is 0.755. The SMILES string of the molecule is Cc1ncoc1C(O)CCCN. The summed E-state index contributed by atoms with van der Waals surface area (Å²) in [5.41, 5.74) is 6.06. The van der Waals surface area contributed by atoms with E-state index in [9.17, 15) is 5.11 Å². The maximum atomic E-state index is 9.53. The average molecular weight is 170 g/mol. The summed E-state index contributed by atoms with van der Waals surface area (Å²) in [5.74, 6) is 0.559. The van der Waals surface area contributed by atoms with Crippen molar-refractivity contribution in [3.8, 4) is 0 Å². The van der Waals surface area contributed by atoms with E-state index < -0.39 is 6.10 Å². The third kappa shape index (κ3) is 2.06. The molecule has 1 heterocycles. The number of nitrogens with zero attached hydrogens (tertiary/aromatic N) is 1. The number of aryl methyl sites for hydroxylation is 1. The van der Waals surface area contributed by atoms with Gasteiger partial charge in [-0.05, 0) is 26.3 Å². The van der Waals surface area contributed by atoms with Gasteiger partial charge in [0.15, 0.2) is 12.2 Å². The van der Waals surface area contributed by atoms with Crippen LogP contribution in [-0.2, 0) is 0 Å². The third-order valence-electron chi connectivity index (χ3n) is 1.77. The summed E-state index contributed by atoms with van der Waals surface area (Å²) in [7, 11) is 0. The summed E-state index contributed by atoms with van der Waals surface area (Å²) in [4.78, 5) is 3.89. The molecule has 0 saturated carbocycles. The van der Waals surface area contributed by atoms with Crippen molar-refractivity contribution in [1.29, 1.82) is 0 Å². The van der Waals surface area contributed by atoms with Crippen LogP contribution >= 0.6 is 0 Å². The van der Waals surface area contributed by atoms with Crippen molar-refractivity contribution in [3.63, 3.8) is 0 Å². The predicted molar refractivity (Wildman–Crippen MR) is 44.5 cm³/mol. The quantitative estimate of drug-likeness (QED) is 0.699. The number of oxazole rings is 1. The Balaban J connectivity index is 2.52. The Hall–Kier alpha value is -0.870. The molecule has 0 amide bonds. The molecular weight excluding hydrogens is 156 g/mol. The van der Waals surface area contributed by atoms with E-state index in [-0.39, 0.29) is 0 Å². The van der Waals surface area contributed by atoms with Crippen LogP contribution in [-0.4, -0.2) is 16.6 Å². The lowest BCUT2D eigenvalue weighted by Gasteiger charge is -2.06. The minimum Gasteiger partial charge on any atom is -0.445 e. The Morgan fingerprint density at radius 1 is 1.75 bits per heavy atom. The van der Waals surface area contributed by atoms with Gasteiger partial charge in [0.2, 0.25) is 0 Å². The highest BCUT2D eigenvalue weighted by atomic mass is 16.4. The van der Waals surface area contributed by atoms with Gasteiger partial charge in [-0.15, -0.1) is 0 Å². The number of nitrogens with two attached hydrogens (primary N) is 1. The molecule has 1 unspecified atom stereocenters. The van der Waals surface area contributed by atoms with Crippen molar-refractivity contribution < 1.29 is 9.52 Å². The number of hydrogen-bond acceptors (Lipinski definition) is 4. The molecule has 0 aliphatic rings. The molecule has 0 aromatic carbocycles. The number of aromatic nitrogens is 1. The highest BCUT2D eigenvalue weighted by molar-refractivity contribution is 5.07. The van der Waals surface area contributed by atoms with E-state index in [1.165, 1.54) is 6.39 Å². The molecule has 4 heteroatoms. The van der Waals surface area contributed by atoms with E-state index in [1.807, 2.05) is 6.92 Å². The van der Waals surface area contributed by atoms with Gasteiger partial charge in [-0.25, -0.2) is 4.98 Å². The molecular formula is C8H14N2O2. The minimum atomic E-state index is -0.559. The van der Waals surface area contributed by atoms with Crippen molar-refractivity contribution in [2.24, 2.45) is 5.73 Å². The van der Waals surface area contributed by atoms with Crippen molar-refractivity contribution in [2.45, 2.75) is 25.9 Å². The number of aliphatic hydroxyl groups is 1. The maximum Gasteiger partial charge on any atom is 0.181 e. The van der Waals surface area contributed by atoms with E-state index in [2.05, 4.69) is 4.98 Å². The largest absolute Gasteiger partial charge is 0.445 e. The third-order valence-corrected chi connectivity index (χ3v) is 1.77. The van der Waals surface area contributed by atoms with Crippen LogP contribution in [0.3, 0.4) is 0 Å². The van der Waals surface area contributed by atoms with Crippen LogP contribution in [0.2, 0.25) is 0 Å². The summed E-state index contributed by atoms with van der Waals surface area (Å²) < 4.78 is 5.02. The van der Waals surface area contributed by atoms with Gasteiger partial charge in [0.25, 0.3) is 0 Å². The van der Waals surface area contributed by atoms with Crippen LogP contribution in [0.4, 0.5) is 0 Å². The average Bonchev–Trinajstić information content (AvgIpc) is 2.47. The van der Waals surface area contributed by atoms with Crippen molar-refractivity contribution in [2.75, 3.05) is 6.54 Å². The molecule has 0 fully saturated rings. The molecule has 0 saturated heterocycles. The highest BCUT2D eigenvalue weighted by Gasteiger charge is 2.13. The summed E-state index contributed by atoms with van der Waals surface area (Å²) in [6.45, 7) is 2.40. The molecule has 3 N–H and O–H groups in total. The van der Waals surface area contributed by atoms with Crippen molar-refractivity contribution in [1.82, 2.24) is 4.98 Å². The molecule has 0 radical (unpaired) electrons. The summed E-state index contributed by atoms with van der Waals surface area (Å²) in [6, 6.07) is 0. The van der Waals surface area contributed by atoms with Crippen LogP contribution in [0.25, 0.3) is 0 Å². The van der Waals surface area contributed by atoms with E-state index >= 15 is 0 Å². The molecule has 1 rings (SSSR count). The molecule has 12 heavy (non-hydrogen) atoms. The van der Waals surface area contributed by atoms with Crippen LogP contribution < -0.4 is 5.73 Å². The van der Waals surface area contributed by atoms with Crippen molar-refractivity contribution in [3.05, 3.63) is 17.8 Å². The van der Waals surface area contributed by atoms with Gasteiger partial charge >= 0.3 is 0 Å². The molecule has 4 nitrogen and oxygen atoms in total. The number of aliphatic hydroxyl groups excluding tert-OH is 1. The fourth-order valence-electron chi connectivity index (χ4n) is 1.07. The standard InChI is InChI=1S/C8H14N2O2/c1-6-8(12-5-10-6)7(11)3-2-4-9/h5,7,11H,2-4,9H2,1H3. The summed E-state index contributed by atoms with van der Waals surface area (Å²) >= 11 is 0. The lowest BCUT2D eigenvalue weighted by atomic mass is 10.1. The minimum absolute atomic E-state index is 0.559. The molecule has 0 spiro atoms. The lowest BCUT2D eigenvalue weighted by Crippen LogP contribution is -2.04. The topological polar surface area (TPSA) is 72.3 Å². The summed E-state index contributed by atoms with van der Waals surface area (Å²) in [5, 5.41) is 9.53. The molecule has 1 atom stereocenters. The zero-order valence-corrected chi connectivity index (χ0v) is 7.16. The summed E-state index contributed by atoms with van der Waals surface area (Å²) in [6.07, 6.45) is 2.21. The van der Waals surface area contributed by atoms with Crippen LogP contribution in [0.15, 0.2) is 10.8 Å². The van der Waals surface area contributed by atoms with Gasteiger partial charge in [0.05, 0.1) is 5.69 Å². The first-order valence-corrected chi connectivity index (χ1v) is 4.04. The first-order chi connectivity index (χ1) is 5.75. The molecule has 68 valence electrons. The Morgan fingerprint density at radius 3 is 3.00 bits per heavy atom. The number of hydrogen-bond donors (Lipinski definition) is 2. The molecule has 0 bridgehead atoms. The van der Waals surface area contributed by atoms with E-state index in [0.717, 1.165) is 12.1 Å². The second-order valence-electron chi connectivity index (χ2n) is 2.75. The normalized spacial score (nSPS) is 13.2. The molecule has 0 aliphatic carbocycles. The van der Waals surface area contributed by atoms with Gasteiger partial charge in [-0.1, -0.05) is 0 Å². The first kappa shape index (κ1) is 9.22. The lowest BCUT2D eigenvalue weighted by molar-refractivity contribution is 0.137. The van der Waals surface area contributed by atoms with Gasteiger partial charge in [-0.2, -0.15) is 0 Å². The monoisotopic (exact) mass is 170 g/mol. The second-order valence-corrected chi connectivity index (χ2v) is 2.75. The van der Waals surface area contributed by atoms with Crippen LogP contribution in [0.1, 0.15) is 30.4 Å². The molecule has 1 aromatic heterocycles. The van der Waals surface area contributed by atoms with Gasteiger partial charge < -0.3 is 15.3 Å². The Kier molecular flexibility index (Phi) is 3.25. The van der Waals surface area contributed by atoms with E-state index in [1.54, 1.807) is 0 Å². The van der Waals surface area contributed by atoms with Crippen molar-refractivity contribution >= 4 is 0 Å². The van der Waals surface area contributed by atoms with Gasteiger partial charge in [0.1, 0.15) is 6.10 Å². The van der Waals surface area contributed by atoms with Crippen LogP contribution in [0, 0.1) is 6.92 Å². The fraction of sp³-hybridized carbons (Fsp3) is 0.625. The van der Waals surface area contributed by atoms with E-state index in [4.69, 9.17) is 10.2 Å². The molecule has 1 aromatic rings. The second kappa shape index (κ2) is 4.23. The Morgan fingerprint density at radius 2 is 2.50 bits per heavy atom. The van der Waals surface area contributed by atoms with Gasteiger partial charge in [0, 0.05) is 0 Å². The Labute approximate surface area is 71.4 Å². The first-order valence-electron chi connectivity index (χ1n) is 4.04. The zero-order valence-electron chi connectivity index (χ0n) is 7.16.